The minimum absolute atomic E-state index is 0.00407. The van der Waals surface area contributed by atoms with E-state index < -0.39 is 21.9 Å². The molecule has 1 atom stereocenters. The Balaban J connectivity index is 2.84. The van der Waals surface area contributed by atoms with Crippen molar-refractivity contribution < 1.29 is 18.3 Å². The van der Waals surface area contributed by atoms with Gasteiger partial charge in [0, 0.05) is 6.54 Å². The lowest BCUT2D eigenvalue weighted by molar-refractivity contribution is -0.142. The predicted molar refractivity (Wildman–Crippen MR) is 72.3 cm³/mol. The van der Waals surface area contributed by atoms with Gasteiger partial charge in [-0.1, -0.05) is 13.8 Å². The van der Waals surface area contributed by atoms with Crippen molar-refractivity contribution in [2.45, 2.75) is 18.7 Å². The van der Waals surface area contributed by atoms with Gasteiger partial charge >= 0.3 is 5.97 Å². The van der Waals surface area contributed by atoms with E-state index in [0.717, 1.165) is 0 Å². The molecule has 1 unspecified atom stereocenters. The number of aliphatic carboxylic acids is 1. The molecule has 7 heteroatoms. The Morgan fingerprint density at radius 1 is 1.35 bits per heavy atom. The topological polar surface area (TPSA) is 107 Å². The van der Waals surface area contributed by atoms with Gasteiger partial charge in [-0.15, -0.1) is 0 Å². The average Bonchev–Trinajstić information content (AvgIpc) is 2.38. The number of hydrogen-bond acceptors (Lipinski definition) is 4. The lowest BCUT2D eigenvalue weighted by Crippen LogP contribution is -2.35. The average molecular weight is 296 g/mol. The van der Waals surface area contributed by atoms with Crippen LogP contribution in [0.15, 0.2) is 29.2 Å². The molecule has 0 radical (unpaired) electrons. The Labute approximate surface area is 118 Å². The summed E-state index contributed by atoms with van der Waals surface area (Å²) in [5, 5.41) is 17.7. The molecule has 0 aliphatic heterocycles. The van der Waals surface area contributed by atoms with Crippen molar-refractivity contribution in [3.63, 3.8) is 0 Å². The van der Waals surface area contributed by atoms with Crippen LogP contribution in [0.5, 0.6) is 0 Å². The van der Waals surface area contributed by atoms with Crippen LogP contribution in [0, 0.1) is 23.2 Å². The second kappa shape index (κ2) is 6.50. The standard InChI is InChI=1S/C13H16N2O4S/c1-9(2)12(13(16)17)8-15-20(18,19)11-5-3-10(7-14)4-6-11/h3-6,9,12,15H,8H2,1-2H3,(H,16,17). The summed E-state index contributed by atoms with van der Waals surface area (Å²) in [5.41, 5.74) is 0.356. The van der Waals surface area contributed by atoms with Crippen molar-refractivity contribution in [1.82, 2.24) is 4.72 Å². The number of rotatable bonds is 6. The summed E-state index contributed by atoms with van der Waals surface area (Å²) in [5.74, 6) is -2.01. The Kier molecular flexibility index (Phi) is 5.25. The van der Waals surface area contributed by atoms with Crippen LogP contribution < -0.4 is 4.72 Å². The number of benzene rings is 1. The predicted octanol–water partition coefficient (Wildman–Crippen LogP) is 1.19. The van der Waals surface area contributed by atoms with Crippen molar-refractivity contribution in [2.24, 2.45) is 11.8 Å². The van der Waals surface area contributed by atoms with Gasteiger partial charge in [-0.3, -0.25) is 4.79 Å². The number of sulfonamides is 1. The molecule has 1 rings (SSSR count). The van der Waals surface area contributed by atoms with Gasteiger partial charge < -0.3 is 5.11 Å². The lowest BCUT2D eigenvalue weighted by atomic mass is 9.97. The van der Waals surface area contributed by atoms with Gasteiger partial charge in [0.2, 0.25) is 10.0 Å². The van der Waals surface area contributed by atoms with Crippen LogP contribution in [-0.4, -0.2) is 26.0 Å². The summed E-state index contributed by atoms with van der Waals surface area (Å²) in [6.45, 7) is 3.26. The molecular formula is C13H16N2O4S. The Bertz CT molecular complexity index is 615. The van der Waals surface area contributed by atoms with Crippen LogP contribution in [0.1, 0.15) is 19.4 Å². The van der Waals surface area contributed by atoms with Crippen LogP contribution >= 0.6 is 0 Å². The molecule has 108 valence electrons. The zero-order chi connectivity index (χ0) is 15.3. The number of carboxylic acid groups (broad SMARTS) is 1. The van der Waals surface area contributed by atoms with Crippen LogP contribution in [0.2, 0.25) is 0 Å². The molecule has 0 saturated heterocycles. The Morgan fingerprint density at radius 2 is 1.90 bits per heavy atom. The van der Waals surface area contributed by atoms with E-state index in [1.807, 2.05) is 6.07 Å². The number of carboxylic acids is 1. The second-order valence-electron chi connectivity index (χ2n) is 4.68. The molecule has 6 nitrogen and oxygen atoms in total. The van der Waals surface area contributed by atoms with Gasteiger partial charge in [0.15, 0.2) is 0 Å². The molecule has 0 aliphatic carbocycles. The SMILES string of the molecule is CC(C)C(CNS(=O)(=O)c1ccc(C#N)cc1)C(=O)O. The van der Waals surface area contributed by atoms with E-state index in [1.54, 1.807) is 13.8 Å². The largest absolute Gasteiger partial charge is 0.481 e. The summed E-state index contributed by atoms with van der Waals surface area (Å²) in [6.07, 6.45) is 0. The monoisotopic (exact) mass is 296 g/mol. The third-order valence-corrected chi connectivity index (χ3v) is 4.35. The first-order valence-corrected chi connectivity index (χ1v) is 7.49. The smallest absolute Gasteiger partial charge is 0.308 e. The van der Waals surface area contributed by atoms with Crippen molar-refractivity contribution >= 4 is 16.0 Å². The fourth-order valence-electron chi connectivity index (χ4n) is 1.60. The minimum atomic E-state index is -3.77. The Morgan fingerprint density at radius 3 is 2.30 bits per heavy atom. The maximum absolute atomic E-state index is 12.0. The lowest BCUT2D eigenvalue weighted by Gasteiger charge is -2.16. The highest BCUT2D eigenvalue weighted by Crippen LogP contribution is 2.13. The van der Waals surface area contributed by atoms with Gasteiger partial charge in [0.25, 0.3) is 0 Å². The minimum Gasteiger partial charge on any atom is -0.481 e. The first kappa shape index (κ1) is 16.1. The van der Waals surface area contributed by atoms with Crippen molar-refractivity contribution in [2.75, 3.05) is 6.54 Å². The zero-order valence-electron chi connectivity index (χ0n) is 11.2. The number of nitriles is 1. The molecule has 20 heavy (non-hydrogen) atoms. The fraction of sp³-hybridized carbons (Fsp3) is 0.385. The summed E-state index contributed by atoms with van der Waals surface area (Å²) in [4.78, 5) is 11.0. The van der Waals surface area contributed by atoms with E-state index in [2.05, 4.69) is 4.72 Å². The van der Waals surface area contributed by atoms with Crippen molar-refractivity contribution in [1.29, 1.82) is 5.26 Å². The molecule has 0 aromatic heterocycles. The number of hydrogen-bond donors (Lipinski definition) is 2. The fourth-order valence-corrected chi connectivity index (χ4v) is 2.66. The number of nitrogens with one attached hydrogen (secondary N) is 1. The van der Waals surface area contributed by atoms with Crippen LogP contribution in [-0.2, 0) is 14.8 Å². The van der Waals surface area contributed by atoms with Gasteiger partial charge in [-0.25, -0.2) is 13.1 Å². The summed E-state index contributed by atoms with van der Waals surface area (Å²) in [7, 11) is -3.77. The van der Waals surface area contributed by atoms with Crippen molar-refractivity contribution in [3.8, 4) is 6.07 Å². The van der Waals surface area contributed by atoms with Crippen LogP contribution in [0.25, 0.3) is 0 Å². The first-order chi connectivity index (χ1) is 9.27. The molecule has 0 aliphatic rings. The first-order valence-electron chi connectivity index (χ1n) is 6.00. The third-order valence-electron chi connectivity index (χ3n) is 2.91. The highest BCUT2D eigenvalue weighted by molar-refractivity contribution is 7.89. The summed E-state index contributed by atoms with van der Waals surface area (Å²) < 4.78 is 26.3. The third kappa shape index (κ3) is 4.05. The second-order valence-corrected chi connectivity index (χ2v) is 6.44. The van der Waals surface area contributed by atoms with Gasteiger partial charge in [0.1, 0.15) is 0 Å². The highest BCUT2D eigenvalue weighted by atomic mass is 32.2. The maximum Gasteiger partial charge on any atom is 0.308 e. The number of carbonyl (C=O) groups is 1. The quantitative estimate of drug-likeness (QED) is 0.820. The van der Waals surface area contributed by atoms with E-state index in [-0.39, 0.29) is 17.4 Å². The molecular weight excluding hydrogens is 280 g/mol. The normalized spacial score (nSPS) is 12.9. The van der Waals surface area contributed by atoms with Gasteiger partial charge in [0.05, 0.1) is 22.4 Å². The summed E-state index contributed by atoms with van der Waals surface area (Å²) >= 11 is 0. The molecule has 1 aromatic carbocycles. The van der Waals surface area contributed by atoms with E-state index in [1.165, 1.54) is 24.3 Å². The molecule has 0 fully saturated rings. The Hall–Kier alpha value is -1.91. The van der Waals surface area contributed by atoms with Gasteiger partial charge in [-0.2, -0.15) is 5.26 Å². The van der Waals surface area contributed by atoms with E-state index in [9.17, 15) is 13.2 Å². The maximum atomic E-state index is 12.0. The molecule has 0 amide bonds. The van der Waals surface area contributed by atoms with Crippen LogP contribution in [0.3, 0.4) is 0 Å². The van der Waals surface area contributed by atoms with Crippen molar-refractivity contribution in [3.05, 3.63) is 29.8 Å². The van der Waals surface area contributed by atoms with E-state index in [0.29, 0.717) is 5.56 Å². The zero-order valence-corrected chi connectivity index (χ0v) is 12.0. The summed E-state index contributed by atoms with van der Waals surface area (Å²) in [6, 6.07) is 7.30. The van der Waals surface area contributed by atoms with E-state index in [4.69, 9.17) is 10.4 Å². The number of nitrogens with zero attached hydrogens (tertiary/aromatic N) is 1. The molecule has 0 bridgehead atoms. The van der Waals surface area contributed by atoms with Gasteiger partial charge in [-0.05, 0) is 30.2 Å². The highest BCUT2D eigenvalue weighted by Gasteiger charge is 2.24. The molecule has 0 saturated carbocycles. The molecule has 0 heterocycles. The molecule has 1 aromatic rings. The molecule has 2 N–H and O–H groups in total. The van der Waals surface area contributed by atoms with Crippen LogP contribution in [0.4, 0.5) is 0 Å². The van der Waals surface area contributed by atoms with E-state index >= 15 is 0 Å². The molecule has 0 spiro atoms.